The highest BCUT2D eigenvalue weighted by Crippen LogP contribution is 2.43. The second kappa shape index (κ2) is 7.65. The molecule has 0 aliphatic carbocycles. The Balaban J connectivity index is 0.00000169. The maximum absolute atomic E-state index is 11.6. The standard InChI is InChI=1S/C18H24N2O2S.ClH/c19-18(21)14-7-8-17-20(14)10-3-5-15(22-17)12-9-11-23-16-6-2-1-4-13(12)16;/h1-2,4,6,12,14-15,17H,3,5,7-11H2,(H2,19,21);1H/t12-,14?,15?,17?;/m1./s1. The van der Waals surface area contributed by atoms with Crippen LogP contribution in [0, 0.1) is 0 Å². The minimum atomic E-state index is -0.200. The average Bonchev–Trinajstić information content (AvgIpc) is 2.85. The Morgan fingerprint density at radius 2 is 2.04 bits per heavy atom. The SMILES string of the molecule is Cl.NC(=O)C1CCC2OC([C@@H]3CCSc4ccccc43)CCCN21. The van der Waals surface area contributed by atoms with E-state index in [1.165, 1.54) is 22.6 Å². The number of ether oxygens (including phenoxy) is 1. The van der Waals surface area contributed by atoms with E-state index in [0.29, 0.717) is 5.92 Å². The number of rotatable bonds is 2. The van der Waals surface area contributed by atoms with Gasteiger partial charge in [-0.05, 0) is 49.5 Å². The molecule has 2 saturated heterocycles. The molecule has 2 N–H and O–H groups in total. The fourth-order valence-corrected chi connectivity index (χ4v) is 5.53. The number of fused-ring (bicyclic) bond motifs is 2. The smallest absolute Gasteiger partial charge is 0.234 e. The maximum atomic E-state index is 11.6. The second-order valence-corrected chi connectivity index (χ2v) is 7.92. The van der Waals surface area contributed by atoms with Crippen LogP contribution in [-0.2, 0) is 9.53 Å². The van der Waals surface area contributed by atoms with E-state index in [1.54, 1.807) is 0 Å². The number of carbonyl (C=O) groups excluding carboxylic acids is 1. The lowest BCUT2D eigenvalue weighted by atomic mass is 9.88. The van der Waals surface area contributed by atoms with E-state index in [9.17, 15) is 4.79 Å². The van der Waals surface area contributed by atoms with Crippen LogP contribution in [0.1, 0.15) is 43.6 Å². The number of benzene rings is 1. The van der Waals surface area contributed by atoms with Gasteiger partial charge in [0.15, 0.2) is 0 Å². The minimum Gasteiger partial charge on any atom is -0.368 e. The maximum Gasteiger partial charge on any atom is 0.234 e. The molecule has 6 heteroatoms. The predicted molar refractivity (Wildman–Crippen MR) is 98.6 cm³/mol. The molecule has 0 aromatic heterocycles. The summed E-state index contributed by atoms with van der Waals surface area (Å²) < 4.78 is 6.52. The van der Waals surface area contributed by atoms with Gasteiger partial charge in [-0.1, -0.05) is 18.2 Å². The molecule has 1 aromatic rings. The van der Waals surface area contributed by atoms with E-state index < -0.39 is 0 Å². The van der Waals surface area contributed by atoms with Gasteiger partial charge in [-0.15, -0.1) is 24.2 Å². The van der Waals surface area contributed by atoms with Crippen LogP contribution in [0.15, 0.2) is 29.2 Å². The first-order valence-corrected chi connectivity index (χ1v) is 9.65. The molecule has 24 heavy (non-hydrogen) atoms. The van der Waals surface area contributed by atoms with Crippen molar-refractivity contribution in [2.45, 2.75) is 61.3 Å². The Morgan fingerprint density at radius 1 is 1.21 bits per heavy atom. The van der Waals surface area contributed by atoms with Crippen LogP contribution in [0.3, 0.4) is 0 Å². The fourth-order valence-electron chi connectivity index (χ4n) is 4.38. The number of primary amides is 1. The van der Waals surface area contributed by atoms with Gasteiger partial charge < -0.3 is 10.5 Å². The highest BCUT2D eigenvalue weighted by atomic mass is 35.5. The molecule has 3 aliphatic rings. The van der Waals surface area contributed by atoms with Crippen LogP contribution in [0.2, 0.25) is 0 Å². The van der Waals surface area contributed by atoms with Crippen LogP contribution in [0.4, 0.5) is 0 Å². The molecule has 0 spiro atoms. The minimum absolute atomic E-state index is 0. The van der Waals surface area contributed by atoms with Gasteiger partial charge in [-0.2, -0.15) is 0 Å². The zero-order chi connectivity index (χ0) is 15.8. The third-order valence-corrected chi connectivity index (χ3v) is 6.60. The summed E-state index contributed by atoms with van der Waals surface area (Å²) in [7, 11) is 0. The van der Waals surface area contributed by atoms with Crippen LogP contribution >= 0.6 is 24.2 Å². The van der Waals surface area contributed by atoms with Crippen LogP contribution in [0.25, 0.3) is 0 Å². The molecule has 4 nitrogen and oxygen atoms in total. The summed E-state index contributed by atoms with van der Waals surface area (Å²) in [6.45, 7) is 0.928. The number of amides is 1. The van der Waals surface area contributed by atoms with Crippen molar-refractivity contribution in [2.75, 3.05) is 12.3 Å². The lowest BCUT2D eigenvalue weighted by molar-refractivity contribution is -0.128. The quantitative estimate of drug-likeness (QED) is 0.871. The van der Waals surface area contributed by atoms with Gasteiger partial charge in [0.05, 0.1) is 12.1 Å². The highest BCUT2D eigenvalue weighted by Gasteiger charge is 2.41. The number of halogens is 1. The first kappa shape index (κ1) is 18.1. The molecule has 1 amide bonds. The number of nitrogens with two attached hydrogens (primary N) is 1. The van der Waals surface area contributed by atoms with Gasteiger partial charge in [0.2, 0.25) is 5.91 Å². The number of hydrogen-bond acceptors (Lipinski definition) is 4. The summed E-state index contributed by atoms with van der Waals surface area (Å²) >= 11 is 1.96. The fraction of sp³-hybridized carbons (Fsp3) is 0.611. The molecule has 1 aromatic carbocycles. The largest absolute Gasteiger partial charge is 0.368 e. The van der Waals surface area contributed by atoms with E-state index in [2.05, 4.69) is 29.2 Å². The van der Waals surface area contributed by atoms with Crippen molar-refractivity contribution in [3.63, 3.8) is 0 Å². The monoisotopic (exact) mass is 368 g/mol. The summed E-state index contributed by atoms with van der Waals surface area (Å²) in [6, 6.07) is 8.62. The van der Waals surface area contributed by atoms with Gasteiger partial charge in [-0.3, -0.25) is 9.69 Å². The van der Waals surface area contributed by atoms with Crippen LogP contribution in [-0.4, -0.2) is 41.5 Å². The first-order valence-electron chi connectivity index (χ1n) is 8.66. The highest BCUT2D eigenvalue weighted by molar-refractivity contribution is 7.99. The molecular weight excluding hydrogens is 344 g/mol. The van der Waals surface area contributed by atoms with Crippen molar-refractivity contribution in [2.24, 2.45) is 5.73 Å². The summed E-state index contributed by atoms with van der Waals surface area (Å²) in [6.07, 6.45) is 5.43. The number of hydrogen-bond donors (Lipinski definition) is 1. The summed E-state index contributed by atoms with van der Waals surface area (Å²) in [4.78, 5) is 15.2. The number of nitrogens with zero attached hydrogens (tertiary/aromatic N) is 1. The molecule has 2 fully saturated rings. The predicted octanol–water partition coefficient (Wildman–Crippen LogP) is 3.14. The van der Waals surface area contributed by atoms with Gasteiger partial charge >= 0.3 is 0 Å². The van der Waals surface area contributed by atoms with Gasteiger partial charge in [0.25, 0.3) is 0 Å². The van der Waals surface area contributed by atoms with Crippen molar-refractivity contribution < 1.29 is 9.53 Å². The molecule has 0 radical (unpaired) electrons. The van der Waals surface area contributed by atoms with Gasteiger partial charge in [0, 0.05) is 17.4 Å². The normalized spacial score (nSPS) is 33.0. The van der Waals surface area contributed by atoms with Crippen molar-refractivity contribution in [1.29, 1.82) is 0 Å². The average molecular weight is 369 g/mol. The Kier molecular flexibility index (Phi) is 5.75. The molecule has 3 heterocycles. The van der Waals surface area contributed by atoms with Crippen LogP contribution in [0.5, 0.6) is 0 Å². The van der Waals surface area contributed by atoms with Gasteiger partial charge in [-0.25, -0.2) is 0 Å². The van der Waals surface area contributed by atoms with Gasteiger partial charge in [0.1, 0.15) is 6.23 Å². The zero-order valence-corrected chi connectivity index (χ0v) is 15.4. The Hall–Kier alpha value is -0.750. The molecule has 0 bridgehead atoms. The van der Waals surface area contributed by atoms with E-state index in [1.807, 2.05) is 11.8 Å². The Bertz CT molecular complexity index is 600. The molecular formula is C18H25ClN2O2S. The van der Waals surface area contributed by atoms with Crippen molar-refractivity contribution in [3.05, 3.63) is 29.8 Å². The third-order valence-electron chi connectivity index (χ3n) is 5.48. The van der Waals surface area contributed by atoms with E-state index in [4.69, 9.17) is 10.5 Å². The first-order chi connectivity index (χ1) is 11.2. The van der Waals surface area contributed by atoms with Crippen LogP contribution < -0.4 is 5.73 Å². The summed E-state index contributed by atoms with van der Waals surface area (Å²) in [5, 5.41) is 0. The zero-order valence-electron chi connectivity index (χ0n) is 13.7. The van der Waals surface area contributed by atoms with Crippen molar-refractivity contribution in [3.8, 4) is 0 Å². The van der Waals surface area contributed by atoms with Crippen molar-refractivity contribution >= 4 is 30.1 Å². The van der Waals surface area contributed by atoms with Crippen molar-refractivity contribution in [1.82, 2.24) is 4.90 Å². The number of carbonyl (C=O) groups is 1. The molecule has 4 atom stereocenters. The lowest BCUT2D eigenvalue weighted by Gasteiger charge is -2.33. The van der Waals surface area contributed by atoms with E-state index in [-0.39, 0.29) is 36.7 Å². The second-order valence-electron chi connectivity index (χ2n) is 6.79. The third kappa shape index (κ3) is 3.32. The summed E-state index contributed by atoms with van der Waals surface area (Å²) in [5.74, 6) is 1.45. The molecule has 132 valence electrons. The molecule has 3 aliphatic heterocycles. The van der Waals surface area contributed by atoms with E-state index in [0.717, 1.165) is 32.2 Å². The molecule has 0 saturated carbocycles. The molecule has 3 unspecified atom stereocenters. The molecule has 4 rings (SSSR count). The Labute approximate surface area is 153 Å². The Morgan fingerprint density at radius 3 is 2.88 bits per heavy atom. The number of thioether (sulfide) groups is 1. The summed E-state index contributed by atoms with van der Waals surface area (Å²) in [5.41, 5.74) is 7.01. The lowest BCUT2D eigenvalue weighted by Crippen LogP contribution is -2.44. The topological polar surface area (TPSA) is 55.6 Å². The van der Waals surface area contributed by atoms with E-state index >= 15 is 0 Å².